The molecule has 0 radical (unpaired) electrons. The Labute approximate surface area is 248 Å². The van der Waals surface area contributed by atoms with Crippen molar-refractivity contribution >= 4 is 12.1 Å². The number of fused-ring (bicyclic) bond motifs is 1. The maximum Gasteiger partial charge on any atom is 0.410 e. The number of esters is 1. The minimum atomic E-state index is -1.17. The van der Waals surface area contributed by atoms with E-state index in [1.165, 1.54) is 10.5 Å². The molecule has 42 heavy (non-hydrogen) atoms. The van der Waals surface area contributed by atoms with Crippen molar-refractivity contribution in [2.75, 3.05) is 19.8 Å². The van der Waals surface area contributed by atoms with Gasteiger partial charge in [0.25, 0.3) is 0 Å². The number of carbonyl (C=O) groups excluding carboxylic acids is 2. The summed E-state index contributed by atoms with van der Waals surface area (Å²) in [6.07, 6.45) is 4.83. The molecule has 3 aromatic rings. The standard InChI is InChI=1S/C35H41NO6/c1-2-40-33(37)32-30-21-22-35(39,31(30)24-36(32)34(38)42-25-27-15-8-4-9-16-27)28-17-19-29(20-18-28)41-23-11-5-10-14-26-12-6-3-7-13-26/h3-4,6-9,12-13,15-20,30-32,39H,2,5,10-11,14,21-25H2,1H3/t30-,31-,32-,35?/m0/s1. The Morgan fingerprint density at radius 3 is 2.26 bits per heavy atom. The summed E-state index contributed by atoms with van der Waals surface area (Å²) in [6.45, 7) is 2.95. The molecule has 0 bridgehead atoms. The Kier molecular flexibility index (Phi) is 9.80. The molecule has 1 N–H and O–H groups in total. The third-order valence-electron chi connectivity index (χ3n) is 8.67. The number of aryl methyl sites for hydroxylation is 1. The highest BCUT2D eigenvalue weighted by molar-refractivity contribution is 5.83. The van der Waals surface area contributed by atoms with Gasteiger partial charge in [-0.1, -0.05) is 72.8 Å². The molecule has 222 valence electrons. The number of aliphatic hydroxyl groups is 1. The Morgan fingerprint density at radius 1 is 0.881 bits per heavy atom. The summed E-state index contributed by atoms with van der Waals surface area (Å²) >= 11 is 0. The third kappa shape index (κ3) is 6.79. The van der Waals surface area contributed by atoms with Gasteiger partial charge < -0.3 is 19.3 Å². The molecule has 7 nitrogen and oxygen atoms in total. The van der Waals surface area contributed by atoms with Crippen molar-refractivity contribution in [1.82, 2.24) is 4.90 Å². The van der Waals surface area contributed by atoms with Gasteiger partial charge in [0.2, 0.25) is 0 Å². The van der Waals surface area contributed by atoms with Gasteiger partial charge in [0.1, 0.15) is 18.4 Å². The van der Waals surface area contributed by atoms with Crippen LogP contribution in [0.15, 0.2) is 84.9 Å². The van der Waals surface area contributed by atoms with Crippen LogP contribution < -0.4 is 4.74 Å². The Hall–Kier alpha value is -3.84. The summed E-state index contributed by atoms with van der Waals surface area (Å²) < 4.78 is 16.9. The van der Waals surface area contributed by atoms with Crippen molar-refractivity contribution in [1.29, 1.82) is 0 Å². The van der Waals surface area contributed by atoms with Crippen LogP contribution in [0, 0.1) is 11.8 Å². The van der Waals surface area contributed by atoms with Crippen molar-refractivity contribution in [3.8, 4) is 5.75 Å². The maximum atomic E-state index is 13.2. The monoisotopic (exact) mass is 571 g/mol. The van der Waals surface area contributed by atoms with Crippen molar-refractivity contribution < 1.29 is 28.9 Å². The van der Waals surface area contributed by atoms with E-state index in [9.17, 15) is 14.7 Å². The molecule has 1 unspecified atom stereocenters. The summed E-state index contributed by atoms with van der Waals surface area (Å²) in [6, 6.07) is 26.8. The van der Waals surface area contributed by atoms with Crippen molar-refractivity contribution in [2.45, 2.75) is 63.7 Å². The molecule has 1 aliphatic heterocycles. The molecule has 1 saturated heterocycles. The lowest BCUT2D eigenvalue weighted by atomic mass is 9.81. The number of likely N-dealkylation sites (tertiary alicyclic amines) is 1. The predicted molar refractivity (Wildman–Crippen MR) is 160 cm³/mol. The van der Waals surface area contributed by atoms with Crippen LogP contribution in [0.4, 0.5) is 4.79 Å². The van der Waals surface area contributed by atoms with Crippen molar-refractivity contribution in [2.24, 2.45) is 11.8 Å². The first-order valence-corrected chi connectivity index (χ1v) is 15.1. The van der Waals surface area contributed by atoms with Crippen LogP contribution in [-0.4, -0.2) is 47.9 Å². The number of hydrogen-bond acceptors (Lipinski definition) is 6. The Balaban J connectivity index is 1.18. The van der Waals surface area contributed by atoms with Crippen LogP contribution in [0.25, 0.3) is 0 Å². The van der Waals surface area contributed by atoms with Crippen LogP contribution in [0.5, 0.6) is 5.75 Å². The fraction of sp³-hybridized carbons (Fsp3) is 0.429. The maximum absolute atomic E-state index is 13.2. The lowest BCUT2D eigenvalue weighted by Crippen LogP contribution is -2.44. The zero-order valence-electron chi connectivity index (χ0n) is 24.3. The Morgan fingerprint density at radius 2 is 1.57 bits per heavy atom. The number of carbonyl (C=O) groups is 2. The second kappa shape index (κ2) is 13.9. The van der Waals surface area contributed by atoms with Gasteiger partial charge in [0.15, 0.2) is 0 Å². The average Bonchev–Trinajstić information content (AvgIpc) is 3.57. The molecule has 5 rings (SSSR count). The zero-order valence-corrected chi connectivity index (χ0v) is 24.3. The third-order valence-corrected chi connectivity index (χ3v) is 8.67. The molecular formula is C35H41NO6. The van der Waals surface area contributed by atoms with Gasteiger partial charge in [0.05, 0.1) is 18.8 Å². The highest BCUT2D eigenvalue weighted by Gasteiger charge is 2.60. The van der Waals surface area contributed by atoms with Crippen LogP contribution in [0.2, 0.25) is 0 Å². The van der Waals surface area contributed by atoms with E-state index in [1.807, 2.05) is 60.7 Å². The topological polar surface area (TPSA) is 85.3 Å². The van der Waals surface area contributed by atoms with Gasteiger partial charge in [0, 0.05) is 12.5 Å². The molecule has 1 aliphatic carbocycles. The van der Waals surface area contributed by atoms with E-state index < -0.39 is 23.7 Å². The van der Waals surface area contributed by atoms with Gasteiger partial charge in [-0.3, -0.25) is 4.90 Å². The van der Waals surface area contributed by atoms with Gasteiger partial charge in [-0.2, -0.15) is 0 Å². The molecule has 4 atom stereocenters. The molecule has 3 aromatic carbocycles. The second-order valence-corrected chi connectivity index (χ2v) is 11.3. The quantitative estimate of drug-likeness (QED) is 0.204. The normalized spacial score (nSPS) is 22.9. The summed E-state index contributed by atoms with van der Waals surface area (Å²) in [4.78, 5) is 27.7. The minimum Gasteiger partial charge on any atom is -0.494 e. The van der Waals surface area contributed by atoms with Gasteiger partial charge in [-0.15, -0.1) is 0 Å². The number of amides is 1. The summed E-state index contributed by atoms with van der Waals surface area (Å²) in [5.41, 5.74) is 1.83. The summed E-state index contributed by atoms with van der Waals surface area (Å²) in [5, 5.41) is 12.0. The smallest absolute Gasteiger partial charge is 0.410 e. The fourth-order valence-electron chi connectivity index (χ4n) is 6.51. The highest BCUT2D eigenvalue weighted by atomic mass is 16.6. The highest BCUT2D eigenvalue weighted by Crippen LogP contribution is 2.53. The summed E-state index contributed by atoms with van der Waals surface area (Å²) in [7, 11) is 0. The lowest BCUT2D eigenvalue weighted by molar-refractivity contribution is -0.149. The van der Waals surface area contributed by atoms with E-state index in [-0.39, 0.29) is 31.6 Å². The second-order valence-electron chi connectivity index (χ2n) is 11.3. The fourth-order valence-corrected chi connectivity index (χ4v) is 6.51. The molecule has 2 fully saturated rings. The SMILES string of the molecule is CCOC(=O)[C@@H]1[C@H]2CCC(O)(c3ccc(OCCCCCc4ccccc4)cc3)[C@H]2CN1C(=O)OCc1ccccc1. The molecule has 0 aromatic heterocycles. The van der Waals surface area contributed by atoms with Gasteiger partial charge in [-0.05, 0) is 80.2 Å². The van der Waals surface area contributed by atoms with Crippen LogP contribution >= 0.6 is 0 Å². The van der Waals surface area contributed by atoms with E-state index in [1.54, 1.807) is 6.92 Å². The molecule has 0 spiro atoms. The number of benzene rings is 3. The van der Waals surface area contributed by atoms with Crippen molar-refractivity contribution in [3.63, 3.8) is 0 Å². The first-order chi connectivity index (χ1) is 20.5. The number of hydrogen-bond donors (Lipinski definition) is 1. The van der Waals surface area contributed by atoms with E-state index in [0.29, 0.717) is 19.4 Å². The minimum absolute atomic E-state index is 0.111. The number of ether oxygens (including phenoxy) is 3. The molecule has 1 saturated carbocycles. The molecule has 2 aliphatic rings. The number of nitrogens with zero attached hydrogens (tertiary/aromatic N) is 1. The first-order valence-electron chi connectivity index (χ1n) is 15.1. The Bertz CT molecular complexity index is 1300. The van der Waals surface area contributed by atoms with Crippen molar-refractivity contribution in [3.05, 3.63) is 102 Å². The lowest BCUT2D eigenvalue weighted by Gasteiger charge is -2.30. The molecule has 7 heteroatoms. The van der Waals surface area contributed by atoms with E-state index in [0.717, 1.165) is 42.6 Å². The zero-order chi connectivity index (χ0) is 29.4. The van der Waals surface area contributed by atoms with Crippen LogP contribution in [-0.2, 0) is 32.9 Å². The average molecular weight is 572 g/mol. The largest absolute Gasteiger partial charge is 0.494 e. The van der Waals surface area contributed by atoms with Gasteiger partial charge in [-0.25, -0.2) is 9.59 Å². The number of rotatable bonds is 12. The van der Waals surface area contributed by atoms with Crippen LogP contribution in [0.1, 0.15) is 55.7 Å². The van der Waals surface area contributed by atoms with Gasteiger partial charge >= 0.3 is 12.1 Å². The molecule has 1 amide bonds. The van der Waals surface area contributed by atoms with E-state index in [4.69, 9.17) is 14.2 Å². The summed E-state index contributed by atoms with van der Waals surface area (Å²) in [5.74, 6) is -0.210. The molecular weight excluding hydrogens is 530 g/mol. The van der Waals surface area contributed by atoms with E-state index >= 15 is 0 Å². The predicted octanol–water partition coefficient (Wildman–Crippen LogP) is 6.28. The number of unbranched alkanes of at least 4 members (excludes halogenated alkanes) is 2. The first kappa shape index (κ1) is 29.6. The van der Waals surface area contributed by atoms with E-state index in [2.05, 4.69) is 24.3 Å². The van der Waals surface area contributed by atoms with Crippen LogP contribution in [0.3, 0.4) is 0 Å². The molecule has 1 heterocycles.